The first-order valence-electron chi connectivity index (χ1n) is 6.29. The number of rotatable bonds is 3. The molecule has 0 radical (unpaired) electrons. The van der Waals surface area contributed by atoms with E-state index in [0.29, 0.717) is 0 Å². The van der Waals surface area contributed by atoms with Crippen LogP contribution in [0.15, 0.2) is 18.5 Å². The summed E-state index contributed by atoms with van der Waals surface area (Å²) in [4.78, 5) is 14.6. The molecule has 1 aliphatic rings. The Balaban J connectivity index is 2.03. The summed E-state index contributed by atoms with van der Waals surface area (Å²) in [5.74, 6) is 0.229. The summed E-state index contributed by atoms with van der Waals surface area (Å²) in [5.41, 5.74) is 0.817. The second-order valence-electron chi connectivity index (χ2n) is 4.75. The summed E-state index contributed by atoms with van der Waals surface area (Å²) in [5, 5.41) is 3.36. The predicted octanol–water partition coefficient (Wildman–Crippen LogP) is 0.892. The smallest absolute Gasteiger partial charge is 0.181 e. The highest BCUT2D eigenvalue weighted by Crippen LogP contribution is 2.10. The van der Waals surface area contributed by atoms with Crippen LogP contribution in [0.2, 0.25) is 0 Å². The molecule has 1 fully saturated rings. The number of Topliss-reactive ketones (excluding diaryl/α,β-unsaturated/α-hetero) is 1. The lowest BCUT2D eigenvalue weighted by Crippen LogP contribution is -2.41. The zero-order valence-corrected chi connectivity index (χ0v) is 10.6. The second kappa shape index (κ2) is 5.47. The molecule has 1 aromatic heterocycles. The summed E-state index contributed by atoms with van der Waals surface area (Å²) >= 11 is 0. The quantitative estimate of drug-likeness (QED) is 0.791. The fraction of sp³-hybridized carbons (Fsp3) is 0.615. The highest BCUT2D eigenvalue weighted by molar-refractivity contribution is 5.99. The lowest BCUT2D eigenvalue weighted by Gasteiger charge is -2.25. The maximum absolute atomic E-state index is 12.3. The van der Waals surface area contributed by atoms with E-state index in [-0.39, 0.29) is 11.8 Å². The van der Waals surface area contributed by atoms with Gasteiger partial charge in [0.15, 0.2) is 5.78 Å². The minimum atomic E-state index is -0.0164. The number of carbonyl (C=O) groups is 1. The normalized spacial score (nSPS) is 19.9. The summed E-state index contributed by atoms with van der Waals surface area (Å²) in [6.45, 7) is 6.02. The van der Waals surface area contributed by atoms with Gasteiger partial charge >= 0.3 is 0 Å². The molecule has 1 unspecified atom stereocenters. The molecule has 94 valence electrons. The molecular formula is C13H21N3O. The molecule has 0 amide bonds. The van der Waals surface area contributed by atoms with Crippen molar-refractivity contribution in [3.05, 3.63) is 24.0 Å². The topological polar surface area (TPSA) is 37.3 Å². The molecule has 4 heteroatoms. The van der Waals surface area contributed by atoms with E-state index in [1.165, 1.54) is 0 Å². The summed E-state index contributed by atoms with van der Waals surface area (Å²) in [7, 11) is 1.94. The maximum Gasteiger partial charge on any atom is 0.181 e. The average molecular weight is 235 g/mol. The van der Waals surface area contributed by atoms with Gasteiger partial charge in [-0.3, -0.25) is 9.69 Å². The lowest BCUT2D eigenvalue weighted by atomic mass is 10.1. The van der Waals surface area contributed by atoms with Crippen LogP contribution in [0.3, 0.4) is 0 Å². The fourth-order valence-corrected chi connectivity index (χ4v) is 2.31. The molecule has 0 aliphatic carbocycles. The van der Waals surface area contributed by atoms with Crippen LogP contribution in [0.25, 0.3) is 0 Å². The number of hydrogen-bond donors (Lipinski definition) is 1. The summed E-state index contributed by atoms with van der Waals surface area (Å²) in [6, 6.07) is 1.88. The summed E-state index contributed by atoms with van der Waals surface area (Å²) < 4.78 is 1.92. The zero-order valence-electron chi connectivity index (χ0n) is 10.6. The Kier molecular flexibility index (Phi) is 3.97. The lowest BCUT2D eigenvalue weighted by molar-refractivity contribution is 0.0847. The van der Waals surface area contributed by atoms with E-state index in [9.17, 15) is 4.79 Å². The monoisotopic (exact) mass is 235 g/mol. The van der Waals surface area contributed by atoms with Crippen molar-refractivity contribution in [2.75, 3.05) is 26.2 Å². The van der Waals surface area contributed by atoms with Crippen LogP contribution in [0.4, 0.5) is 0 Å². The minimum Gasteiger partial charge on any atom is -0.357 e. The molecule has 1 N–H and O–H groups in total. The SMILES string of the molecule is CC(C(=O)c1ccn(C)c1)N1CCCNCC1. The van der Waals surface area contributed by atoms with Gasteiger partial charge in [-0.2, -0.15) is 0 Å². The highest BCUT2D eigenvalue weighted by Gasteiger charge is 2.23. The number of aryl methyl sites for hydroxylation is 1. The Labute approximate surface area is 103 Å². The Bertz CT molecular complexity index is 378. The number of hydrogen-bond acceptors (Lipinski definition) is 3. The van der Waals surface area contributed by atoms with E-state index in [1.54, 1.807) is 0 Å². The van der Waals surface area contributed by atoms with Gasteiger partial charge < -0.3 is 9.88 Å². The van der Waals surface area contributed by atoms with E-state index >= 15 is 0 Å². The molecule has 1 saturated heterocycles. The number of ketones is 1. The Hall–Kier alpha value is -1.13. The third kappa shape index (κ3) is 2.96. The second-order valence-corrected chi connectivity index (χ2v) is 4.75. The van der Waals surface area contributed by atoms with Gasteiger partial charge in [0.25, 0.3) is 0 Å². The van der Waals surface area contributed by atoms with E-state index in [2.05, 4.69) is 10.2 Å². The van der Waals surface area contributed by atoms with Crippen LogP contribution in [0.1, 0.15) is 23.7 Å². The highest BCUT2D eigenvalue weighted by atomic mass is 16.1. The molecule has 4 nitrogen and oxygen atoms in total. The van der Waals surface area contributed by atoms with Crippen LogP contribution in [-0.4, -0.2) is 47.5 Å². The first kappa shape index (κ1) is 12.3. The summed E-state index contributed by atoms with van der Waals surface area (Å²) in [6.07, 6.45) is 4.94. The minimum absolute atomic E-state index is 0.0164. The molecule has 0 bridgehead atoms. The van der Waals surface area contributed by atoms with Gasteiger partial charge in [-0.1, -0.05) is 0 Å². The van der Waals surface area contributed by atoms with Gasteiger partial charge in [-0.25, -0.2) is 0 Å². The molecule has 1 atom stereocenters. The molecule has 2 heterocycles. The Morgan fingerprint density at radius 2 is 2.24 bits per heavy atom. The predicted molar refractivity (Wildman–Crippen MR) is 68.3 cm³/mol. The van der Waals surface area contributed by atoms with Crippen molar-refractivity contribution in [1.82, 2.24) is 14.8 Å². The maximum atomic E-state index is 12.3. The van der Waals surface area contributed by atoms with Crippen molar-refractivity contribution < 1.29 is 4.79 Å². The van der Waals surface area contributed by atoms with Gasteiger partial charge in [-0.05, 0) is 26.0 Å². The molecule has 2 rings (SSSR count). The molecule has 0 aromatic carbocycles. The number of aromatic nitrogens is 1. The van der Waals surface area contributed by atoms with Crippen molar-refractivity contribution in [3.8, 4) is 0 Å². The number of nitrogens with one attached hydrogen (secondary N) is 1. The Morgan fingerprint density at radius 3 is 2.94 bits per heavy atom. The van der Waals surface area contributed by atoms with Crippen LogP contribution >= 0.6 is 0 Å². The van der Waals surface area contributed by atoms with Gasteiger partial charge in [0.1, 0.15) is 0 Å². The van der Waals surface area contributed by atoms with Crippen LogP contribution in [-0.2, 0) is 7.05 Å². The first-order chi connectivity index (χ1) is 8.18. The largest absolute Gasteiger partial charge is 0.357 e. The van der Waals surface area contributed by atoms with Crippen molar-refractivity contribution in [1.29, 1.82) is 0 Å². The van der Waals surface area contributed by atoms with Crippen molar-refractivity contribution in [2.45, 2.75) is 19.4 Å². The fourth-order valence-electron chi connectivity index (χ4n) is 2.31. The molecule has 1 aromatic rings. The van der Waals surface area contributed by atoms with Crippen LogP contribution in [0, 0.1) is 0 Å². The standard InChI is InChI=1S/C13H21N3O/c1-11(16-7-3-5-14-6-9-16)13(17)12-4-8-15(2)10-12/h4,8,10-11,14H,3,5-7,9H2,1-2H3. The van der Waals surface area contributed by atoms with Gasteiger partial charge in [0.05, 0.1) is 6.04 Å². The van der Waals surface area contributed by atoms with Gasteiger partial charge in [0.2, 0.25) is 0 Å². The molecule has 0 spiro atoms. The molecule has 17 heavy (non-hydrogen) atoms. The van der Waals surface area contributed by atoms with Crippen molar-refractivity contribution in [2.24, 2.45) is 7.05 Å². The third-order valence-corrected chi connectivity index (χ3v) is 3.42. The zero-order chi connectivity index (χ0) is 12.3. The molecule has 0 saturated carbocycles. The van der Waals surface area contributed by atoms with E-state index in [1.807, 2.05) is 37.0 Å². The van der Waals surface area contributed by atoms with Gasteiger partial charge in [0, 0.05) is 44.6 Å². The molecular weight excluding hydrogens is 214 g/mol. The Morgan fingerprint density at radius 1 is 1.41 bits per heavy atom. The number of nitrogens with zero attached hydrogens (tertiary/aromatic N) is 2. The third-order valence-electron chi connectivity index (χ3n) is 3.42. The van der Waals surface area contributed by atoms with Crippen molar-refractivity contribution >= 4 is 5.78 Å². The molecule has 1 aliphatic heterocycles. The van der Waals surface area contributed by atoms with E-state index in [4.69, 9.17) is 0 Å². The van der Waals surface area contributed by atoms with Crippen LogP contribution < -0.4 is 5.32 Å². The van der Waals surface area contributed by atoms with Crippen molar-refractivity contribution in [3.63, 3.8) is 0 Å². The van der Waals surface area contributed by atoms with Crippen LogP contribution in [0.5, 0.6) is 0 Å². The number of carbonyl (C=O) groups excluding carboxylic acids is 1. The first-order valence-corrected chi connectivity index (χ1v) is 6.29. The average Bonchev–Trinajstić information content (AvgIpc) is 2.60. The van der Waals surface area contributed by atoms with E-state index < -0.39 is 0 Å². The van der Waals surface area contributed by atoms with Gasteiger partial charge in [-0.15, -0.1) is 0 Å². The van der Waals surface area contributed by atoms with E-state index in [0.717, 1.165) is 38.2 Å².